The predicted octanol–water partition coefficient (Wildman–Crippen LogP) is 5.17. The molecule has 0 spiro atoms. The van der Waals surface area contributed by atoms with Crippen molar-refractivity contribution in [1.82, 2.24) is 5.32 Å². The lowest BCUT2D eigenvalue weighted by atomic mass is 9.91. The Morgan fingerprint density at radius 3 is 2.25 bits per heavy atom. The van der Waals surface area contributed by atoms with E-state index in [1.165, 1.54) is 0 Å². The van der Waals surface area contributed by atoms with E-state index >= 15 is 0 Å². The van der Waals surface area contributed by atoms with Crippen molar-refractivity contribution in [1.29, 1.82) is 0 Å². The summed E-state index contributed by atoms with van der Waals surface area (Å²) in [7, 11) is 1.90. The van der Waals surface area contributed by atoms with Gasteiger partial charge in [0.1, 0.15) is 5.82 Å². The average Bonchev–Trinajstić information content (AvgIpc) is 2.34. The summed E-state index contributed by atoms with van der Waals surface area (Å²) in [5.74, 6) is -0.200. The van der Waals surface area contributed by atoms with Crippen molar-refractivity contribution in [3.8, 4) is 0 Å². The fourth-order valence-corrected chi connectivity index (χ4v) is 3.48. The first-order valence-electron chi connectivity index (χ1n) is 6.33. The van der Waals surface area contributed by atoms with Crippen LogP contribution in [0.2, 0.25) is 5.02 Å². The molecule has 20 heavy (non-hydrogen) atoms. The first-order chi connectivity index (χ1) is 9.43. The SMILES string of the molecule is CNC(c1ccc(Cl)cc1Br)c1c(C)cc(F)cc1C. The van der Waals surface area contributed by atoms with Gasteiger partial charge in [-0.3, -0.25) is 0 Å². The minimum atomic E-state index is -0.200. The molecule has 1 N–H and O–H groups in total. The zero-order valence-corrected chi connectivity index (χ0v) is 13.9. The van der Waals surface area contributed by atoms with Gasteiger partial charge in [0.15, 0.2) is 0 Å². The molecule has 1 nitrogen and oxygen atoms in total. The first kappa shape index (κ1) is 15.5. The highest BCUT2D eigenvalue weighted by atomic mass is 79.9. The lowest BCUT2D eigenvalue weighted by Gasteiger charge is -2.23. The van der Waals surface area contributed by atoms with Crippen molar-refractivity contribution in [2.24, 2.45) is 0 Å². The normalized spacial score (nSPS) is 12.5. The van der Waals surface area contributed by atoms with Crippen LogP contribution in [0.3, 0.4) is 0 Å². The van der Waals surface area contributed by atoms with Crippen molar-refractivity contribution in [2.45, 2.75) is 19.9 Å². The van der Waals surface area contributed by atoms with Crippen LogP contribution < -0.4 is 5.32 Å². The maximum absolute atomic E-state index is 13.5. The fourth-order valence-electron chi connectivity index (χ4n) is 2.57. The van der Waals surface area contributed by atoms with Crippen molar-refractivity contribution < 1.29 is 4.39 Å². The van der Waals surface area contributed by atoms with Crippen LogP contribution in [0.4, 0.5) is 4.39 Å². The Hall–Kier alpha value is -0.900. The van der Waals surface area contributed by atoms with Gasteiger partial charge in [-0.2, -0.15) is 0 Å². The van der Waals surface area contributed by atoms with Crippen molar-refractivity contribution in [3.05, 3.63) is 67.9 Å². The molecule has 0 saturated heterocycles. The van der Waals surface area contributed by atoms with E-state index in [9.17, 15) is 4.39 Å². The summed E-state index contributed by atoms with van der Waals surface area (Å²) in [6, 6.07) is 8.83. The molecule has 1 unspecified atom stereocenters. The number of aryl methyl sites for hydroxylation is 2. The summed E-state index contributed by atoms with van der Waals surface area (Å²) in [6.07, 6.45) is 0. The van der Waals surface area contributed by atoms with Crippen LogP contribution in [-0.2, 0) is 0 Å². The number of hydrogen-bond donors (Lipinski definition) is 1. The van der Waals surface area contributed by atoms with Gasteiger partial charge in [0.25, 0.3) is 0 Å². The molecule has 1 atom stereocenters. The molecule has 0 fully saturated rings. The van der Waals surface area contributed by atoms with Gasteiger partial charge in [-0.1, -0.05) is 33.6 Å². The summed E-state index contributed by atoms with van der Waals surface area (Å²) in [6.45, 7) is 3.86. The highest BCUT2D eigenvalue weighted by molar-refractivity contribution is 9.10. The minimum Gasteiger partial charge on any atom is -0.309 e. The Labute approximate surface area is 132 Å². The monoisotopic (exact) mass is 355 g/mol. The number of hydrogen-bond acceptors (Lipinski definition) is 1. The van der Waals surface area contributed by atoms with Gasteiger partial charge in [-0.15, -0.1) is 0 Å². The number of rotatable bonds is 3. The topological polar surface area (TPSA) is 12.0 Å². The summed E-state index contributed by atoms with van der Waals surface area (Å²) < 4.78 is 14.4. The van der Waals surface area contributed by atoms with E-state index in [0.29, 0.717) is 5.02 Å². The smallest absolute Gasteiger partial charge is 0.123 e. The molecule has 0 aliphatic carbocycles. The molecule has 0 heterocycles. The molecule has 0 amide bonds. The Bertz CT molecular complexity index is 619. The average molecular weight is 357 g/mol. The largest absolute Gasteiger partial charge is 0.309 e. The van der Waals surface area contributed by atoms with E-state index in [1.54, 1.807) is 12.1 Å². The van der Waals surface area contributed by atoms with Crippen LogP contribution in [0.5, 0.6) is 0 Å². The Morgan fingerprint density at radius 2 is 1.75 bits per heavy atom. The summed E-state index contributed by atoms with van der Waals surface area (Å²) >= 11 is 9.55. The molecule has 2 aromatic rings. The van der Waals surface area contributed by atoms with Crippen molar-refractivity contribution in [2.75, 3.05) is 7.05 Å². The number of benzene rings is 2. The predicted molar refractivity (Wildman–Crippen MR) is 85.9 cm³/mol. The Balaban J connectivity index is 2.58. The van der Waals surface area contributed by atoms with Gasteiger partial charge in [0, 0.05) is 9.50 Å². The van der Waals surface area contributed by atoms with Crippen LogP contribution in [0.15, 0.2) is 34.8 Å². The minimum absolute atomic E-state index is 0.0118. The van der Waals surface area contributed by atoms with Gasteiger partial charge in [0.05, 0.1) is 6.04 Å². The van der Waals surface area contributed by atoms with Crippen LogP contribution in [0.25, 0.3) is 0 Å². The summed E-state index contributed by atoms with van der Waals surface area (Å²) in [4.78, 5) is 0. The van der Waals surface area contributed by atoms with Crippen LogP contribution in [-0.4, -0.2) is 7.05 Å². The molecule has 0 aliphatic rings. The standard InChI is InChI=1S/C16H16BrClFN/c1-9-6-12(19)7-10(2)15(9)16(20-3)13-5-4-11(18)8-14(13)17/h4-8,16,20H,1-3H3. The quantitative estimate of drug-likeness (QED) is 0.800. The van der Waals surface area contributed by atoms with Gasteiger partial charge in [0.2, 0.25) is 0 Å². The summed E-state index contributed by atoms with van der Waals surface area (Å²) in [5, 5.41) is 3.98. The van der Waals surface area contributed by atoms with Gasteiger partial charge < -0.3 is 5.32 Å². The molecule has 0 bridgehead atoms. The van der Waals surface area contributed by atoms with Crippen LogP contribution in [0.1, 0.15) is 28.3 Å². The molecule has 0 aromatic heterocycles. The van der Waals surface area contributed by atoms with E-state index in [4.69, 9.17) is 11.6 Å². The zero-order valence-electron chi connectivity index (χ0n) is 11.6. The van der Waals surface area contributed by atoms with Crippen LogP contribution in [0, 0.1) is 19.7 Å². The Kier molecular flexibility index (Phi) is 4.84. The van der Waals surface area contributed by atoms with Gasteiger partial charge in [-0.05, 0) is 67.4 Å². The highest BCUT2D eigenvalue weighted by Crippen LogP contribution is 2.33. The van der Waals surface area contributed by atoms with Crippen LogP contribution >= 0.6 is 27.5 Å². The molecule has 0 saturated carbocycles. The van der Waals surface area contributed by atoms with Crippen molar-refractivity contribution in [3.63, 3.8) is 0 Å². The van der Waals surface area contributed by atoms with E-state index in [-0.39, 0.29) is 11.9 Å². The molecule has 0 aliphatic heterocycles. The van der Waals surface area contributed by atoms with Gasteiger partial charge >= 0.3 is 0 Å². The van der Waals surface area contributed by atoms with E-state index in [1.807, 2.05) is 39.1 Å². The summed E-state index contributed by atoms with van der Waals surface area (Å²) in [5.41, 5.74) is 4.04. The van der Waals surface area contributed by atoms with Gasteiger partial charge in [-0.25, -0.2) is 4.39 Å². The zero-order chi connectivity index (χ0) is 14.9. The third-order valence-corrected chi connectivity index (χ3v) is 4.33. The second-order valence-electron chi connectivity index (χ2n) is 4.84. The van der Waals surface area contributed by atoms with E-state index in [0.717, 1.165) is 26.7 Å². The number of nitrogens with one attached hydrogen (secondary N) is 1. The first-order valence-corrected chi connectivity index (χ1v) is 7.50. The highest BCUT2D eigenvalue weighted by Gasteiger charge is 2.19. The molecule has 2 rings (SSSR count). The molecule has 2 aromatic carbocycles. The maximum atomic E-state index is 13.5. The van der Waals surface area contributed by atoms with E-state index in [2.05, 4.69) is 21.2 Å². The molecular weight excluding hydrogens is 341 g/mol. The number of halogens is 3. The lowest BCUT2D eigenvalue weighted by Crippen LogP contribution is -2.20. The molecular formula is C16H16BrClFN. The van der Waals surface area contributed by atoms with E-state index < -0.39 is 0 Å². The second-order valence-corrected chi connectivity index (χ2v) is 6.13. The second kappa shape index (κ2) is 6.25. The molecule has 4 heteroatoms. The van der Waals surface area contributed by atoms with Crippen molar-refractivity contribution >= 4 is 27.5 Å². The Morgan fingerprint density at radius 1 is 1.15 bits per heavy atom. The molecule has 106 valence electrons. The maximum Gasteiger partial charge on any atom is 0.123 e. The fraction of sp³-hybridized carbons (Fsp3) is 0.250. The third kappa shape index (κ3) is 3.05. The lowest BCUT2D eigenvalue weighted by molar-refractivity contribution is 0.618. The third-order valence-electron chi connectivity index (χ3n) is 3.41. The molecule has 0 radical (unpaired) electrons.